The highest BCUT2D eigenvalue weighted by Crippen LogP contribution is 2.26. The molecule has 8 nitrogen and oxygen atoms in total. The minimum absolute atomic E-state index is 0.102. The van der Waals surface area contributed by atoms with Gasteiger partial charge in [0, 0.05) is 52.4 Å². The van der Waals surface area contributed by atoms with Gasteiger partial charge in [0.25, 0.3) is 5.91 Å². The van der Waals surface area contributed by atoms with Gasteiger partial charge in [0.05, 0.1) is 16.8 Å². The number of thiophene rings is 1. The number of carbonyl (C=O) groups is 1. The van der Waals surface area contributed by atoms with Crippen molar-refractivity contribution in [1.82, 2.24) is 20.3 Å². The molecule has 3 aromatic heterocycles. The monoisotopic (exact) mass is 384 g/mol. The lowest BCUT2D eigenvalue weighted by Crippen LogP contribution is -2.49. The van der Waals surface area contributed by atoms with Crippen molar-refractivity contribution in [2.45, 2.75) is 0 Å². The van der Waals surface area contributed by atoms with Crippen molar-refractivity contribution < 1.29 is 9.32 Å². The number of nitrogens with zero attached hydrogens (tertiary/aromatic N) is 6. The normalized spacial score (nSPS) is 14.4. The van der Waals surface area contributed by atoms with Crippen LogP contribution >= 0.6 is 11.3 Å². The summed E-state index contributed by atoms with van der Waals surface area (Å²) in [7, 11) is 3.94. The Morgan fingerprint density at radius 2 is 2.04 bits per heavy atom. The first kappa shape index (κ1) is 17.5. The zero-order valence-electron chi connectivity index (χ0n) is 15.2. The van der Waals surface area contributed by atoms with E-state index in [2.05, 4.69) is 20.3 Å². The number of hydrogen-bond acceptors (Lipinski definition) is 8. The lowest BCUT2D eigenvalue weighted by molar-refractivity contribution is 0.0736. The first-order valence-electron chi connectivity index (χ1n) is 8.66. The maximum absolute atomic E-state index is 12.7. The number of rotatable bonds is 4. The van der Waals surface area contributed by atoms with Crippen LogP contribution in [-0.2, 0) is 0 Å². The molecule has 0 unspecified atom stereocenters. The Balaban J connectivity index is 1.40. The van der Waals surface area contributed by atoms with Crippen molar-refractivity contribution in [1.29, 1.82) is 0 Å². The van der Waals surface area contributed by atoms with Crippen LogP contribution in [0.1, 0.15) is 10.5 Å². The molecule has 0 aromatic carbocycles. The molecule has 3 aromatic rings. The van der Waals surface area contributed by atoms with Crippen LogP contribution in [0.5, 0.6) is 0 Å². The molecule has 27 heavy (non-hydrogen) atoms. The van der Waals surface area contributed by atoms with Crippen LogP contribution in [0.15, 0.2) is 40.4 Å². The van der Waals surface area contributed by atoms with E-state index in [9.17, 15) is 4.79 Å². The molecule has 4 heterocycles. The molecule has 9 heteroatoms. The van der Waals surface area contributed by atoms with Gasteiger partial charge in [-0.2, -0.15) is 5.10 Å². The van der Waals surface area contributed by atoms with Gasteiger partial charge in [-0.15, -0.1) is 16.4 Å². The number of amides is 1. The Morgan fingerprint density at radius 3 is 2.74 bits per heavy atom. The summed E-state index contributed by atoms with van der Waals surface area (Å²) in [6.45, 7) is 2.61. The van der Waals surface area contributed by atoms with Crippen LogP contribution in [0.2, 0.25) is 0 Å². The topological polar surface area (TPSA) is 78.6 Å². The molecule has 4 rings (SSSR count). The van der Waals surface area contributed by atoms with E-state index in [4.69, 9.17) is 4.52 Å². The van der Waals surface area contributed by atoms with E-state index in [0.29, 0.717) is 37.6 Å². The maximum atomic E-state index is 12.7. The minimum atomic E-state index is -0.102. The van der Waals surface area contributed by atoms with E-state index < -0.39 is 0 Å². The smallest absolute Gasteiger partial charge is 0.276 e. The van der Waals surface area contributed by atoms with Crippen molar-refractivity contribution in [2.24, 2.45) is 0 Å². The summed E-state index contributed by atoms with van der Waals surface area (Å²) in [6.07, 6.45) is 1.74. The first-order chi connectivity index (χ1) is 13.1. The summed E-state index contributed by atoms with van der Waals surface area (Å²) >= 11 is 1.56. The van der Waals surface area contributed by atoms with Crippen LogP contribution in [0.3, 0.4) is 0 Å². The quantitative estimate of drug-likeness (QED) is 0.682. The number of aromatic nitrogens is 3. The van der Waals surface area contributed by atoms with E-state index in [1.165, 1.54) is 0 Å². The molecule has 0 aliphatic carbocycles. The molecule has 1 amide bonds. The Bertz CT molecular complexity index is 916. The molecule has 0 radical (unpaired) electrons. The van der Waals surface area contributed by atoms with Gasteiger partial charge in [-0.05, 0) is 11.4 Å². The molecule has 0 bridgehead atoms. The molecule has 1 aliphatic rings. The molecular formula is C18H20N6O2S. The van der Waals surface area contributed by atoms with Crippen LogP contribution in [0.25, 0.3) is 10.6 Å². The third kappa shape index (κ3) is 3.63. The molecule has 1 fully saturated rings. The van der Waals surface area contributed by atoms with Gasteiger partial charge >= 0.3 is 0 Å². The molecular weight excluding hydrogens is 364 g/mol. The van der Waals surface area contributed by atoms with Crippen molar-refractivity contribution in [3.63, 3.8) is 0 Å². The fraction of sp³-hybridized carbons (Fsp3) is 0.333. The summed E-state index contributed by atoms with van der Waals surface area (Å²) < 4.78 is 5.33. The standard InChI is InChI=1S/C18H20N6O2S/c1-22(2)13-10-17(20-19-12-13)23-5-7-24(8-6-23)18(25)14-11-15(26-21-14)16-4-3-9-27-16/h3-4,9-12H,5-8H2,1-2H3. The highest BCUT2D eigenvalue weighted by molar-refractivity contribution is 7.13. The Kier molecular flexibility index (Phi) is 4.76. The molecule has 0 spiro atoms. The Morgan fingerprint density at radius 1 is 1.22 bits per heavy atom. The van der Waals surface area contributed by atoms with Gasteiger partial charge in [-0.1, -0.05) is 11.2 Å². The fourth-order valence-corrected chi connectivity index (χ4v) is 3.63. The second-order valence-corrected chi connectivity index (χ2v) is 7.45. The van der Waals surface area contributed by atoms with Gasteiger partial charge in [0.2, 0.25) is 0 Å². The number of anilines is 2. The highest BCUT2D eigenvalue weighted by atomic mass is 32.1. The largest absolute Gasteiger partial charge is 0.376 e. The predicted octanol–water partition coefficient (Wildman–Crippen LogP) is 2.22. The number of piperazine rings is 1. The van der Waals surface area contributed by atoms with Crippen LogP contribution < -0.4 is 9.80 Å². The van der Waals surface area contributed by atoms with Gasteiger partial charge in [0.1, 0.15) is 0 Å². The van der Waals surface area contributed by atoms with Crippen molar-refractivity contribution in [3.05, 3.63) is 41.5 Å². The summed E-state index contributed by atoms with van der Waals surface area (Å²) in [4.78, 5) is 19.6. The Hall–Kier alpha value is -2.94. The SMILES string of the molecule is CN(C)c1cnnc(N2CCN(C(=O)c3cc(-c4cccs4)on3)CC2)c1. The van der Waals surface area contributed by atoms with Crippen molar-refractivity contribution >= 4 is 28.7 Å². The third-order valence-corrected chi connectivity index (χ3v) is 5.41. The zero-order valence-corrected chi connectivity index (χ0v) is 16.0. The fourth-order valence-electron chi connectivity index (χ4n) is 2.96. The summed E-state index contributed by atoms with van der Waals surface area (Å²) in [5, 5.41) is 14.2. The second kappa shape index (κ2) is 7.36. The molecule has 1 saturated heterocycles. The second-order valence-electron chi connectivity index (χ2n) is 6.50. The average Bonchev–Trinajstić information content (AvgIpc) is 3.39. The third-order valence-electron chi connectivity index (χ3n) is 4.53. The number of hydrogen-bond donors (Lipinski definition) is 0. The lowest BCUT2D eigenvalue weighted by atomic mass is 10.2. The highest BCUT2D eigenvalue weighted by Gasteiger charge is 2.25. The Labute approximate surface area is 161 Å². The summed E-state index contributed by atoms with van der Waals surface area (Å²) in [5.74, 6) is 1.35. The van der Waals surface area contributed by atoms with Crippen LogP contribution in [0.4, 0.5) is 11.5 Å². The predicted molar refractivity (Wildman–Crippen MR) is 104 cm³/mol. The van der Waals surface area contributed by atoms with E-state index in [0.717, 1.165) is 16.4 Å². The van der Waals surface area contributed by atoms with Gasteiger partial charge in [-0.25, -0.2) is 0 Å². The zero-order chi connectivity index (χ0) is 18.8. The molecule has 0 N–H and O–H groups in total. The number of carbonyl (C=O) groups excluding carboxylic acids is 1. The van der Waals surface area contributed by atoms with E-state index in [-0.39, 0.29) is 5.91 Å². The molecule has 0 atom stereocenters. The van der Waals surface area contributed by atoms with Crippen LogP contribution in [0, 0.1) is 0 Å². The van der Waals surface area contributed by atoms with E-state index in [1.807, 2.05) is 42.6 Å². The van der Waals surface area contributed by atoms with Crippen molar-refractivity contribution in [3.8, 4) is 10.6 Å². The summed E-state index contributed by atoms with van der Waals surface area (Å²) in [5.41, 5.74) is 1.35. The molecule has 140 valence electrons. The van der Waals surface area contributed by atoms with Crippen LogP contribution in [-0.4, -0.2) is 66.4 Å². The van der Waals surface area contributed by atoms with Crippen molar-refractivity contribution in [2.75, 3.05) is 50.1 Å². The van der Waals surface area contributed by atoms with Gasteiger partial charge in [0.15, 0.2) is 17.3 Å². The van der Waals surface area contributed by atoms with Gasteiger partial charge in [-0.3, -0.25) is 4.79 Å². The average molecular weight is 384 g/mol. The maximum Gasteiger partial charge on any atom is 0.276 e. The summed E-state index contributed by atoms with van der Waals surface area (Å²) in [6, 6.07) is 7.61. The van der Waals surface area contributed by atoms with E-state index >= 15 is 0 Å². The molecule has 0 saturated carbocycles. The van der Waals surface area contributed by atoms with Gasteiger partial charge < -0.3 is 19.2 Å². The first-order valence-corrected chi connectivity index (χ1v) is 9.54. The van der Waals surface area contributed by atoms with E-state index in [1.54, 1.807) is 28.5 Å². The molecule has 1 aliphatic heterocycles. The minimum Gasteiger partial charge on any atom is -0.376 e. The lowest BCUT2D eigenvalue weighted by Gasteiger charge is -2.35.